The molecule has 1 N–H and O–H groups in total. The van der Waals surface area contributed by atoms with Gasteiger partial charge in [0.05, 0.1) is 10.8 Å². The molecule has 25 heavy (non-hydrogen) atoms. The number of benzene rings is 1. The highest BCUT2D eigenvalue weighted by atomic mass is 32.2. The zero-order valence-electron chi connectivity index (χ0n) is 15.0. The van der Waals surface area contributed by atoms with Crippen molar-refractivity contribution < 1.29 is 18.0 Å². The maximum absolute atomic E-state index is 12.4. The molecule has 1 saturated heterocycles. The molecule has 2 amide bonds. The quantitative estimate of drug-likeness (QED) is 0.823. The zero-order valence-corrected chi connectivity index (χ0v) is 15.8. The first-order valence-corrected chi connectivity index (χ1v) is 9.66. The summed E-state index contributed by atoms with van der Waals surface area (Å²) in [5.41, 5.74) is 0.405. The fraction of sp³-hybridized carbons (Fsp3) is 0.529. The Morgan fingerprint density at radius 3 is 2.64 bits per heavy atom. The molecule has 0 bridgehead atoms. The van der Waals surface area contributed by atoms with E-state index in [0.717, 1.165) is 4.31 Å². The summed E-state index contributed by atoms with van der Waals surface area (Å²) in [5.74, 6) is -0.351. The van der Waals surface area contributed by atoms with E-state index < -0.39 is 15.9 Å². The number of nitrogens with one attached hydrogen (secondary N) is 1. The Hall–Kier alpha value is -1.93. The Morgan fingerprint density at radius 1 is 1.36 bits per heavy atom. The number of likely N-dealkylation sites (tertiary alicyclic amines) is 1. The molecule has 1 aliphatic rings. The number of anilines is 1. The summed E-state index contributed by atoms with van der Waals surface area (Å²) in [6, 6.07) is 6.12. The van der Waals surface area contributed by atoms with Crippen molar-refractivity contribution >= 4 is 27.5 Å². The predicted molar refractivity (Wildman–Crippen MR) is 95.5 cm³/mol. The molecule has 1 heterocycles. The van der Waals surface area contributed by atoms with E-state index in [9.17, 15) is 18.0 Å². The Morgan fingerprint density at radius 2 is 2.04 bits per heavy atom. The lowest BCUT2D eigenvalue weighted by Gasteiger charge is -2.18. The maximum atomic E-state index is 12.4. The van der Waals surface area contributed by atoms with E-state index in [4.69, 9.17) is 0 Å². The second-order valence-corrected chi connectivity index (χ2v) is 9.05. The summed E-state index contributed by atoms with van der Waals surface area (Å²) < 4.78 is 25.5. The zero-order chi connectivity index (χ0) is 18.8. The number of carbonyl (C=O) groups is 2. The summed E-state index contributed by atoms with van der Waals surface area (Å²) in [5, 5.41) is 2.73. The van der Waals surface area contributed by atoms with Gasteiger partial charge in [-0.3, -0.25) is 9.59 Å². The van der Waals surface area contributed by atoms with Crippen LogP contribution < -0.4 is 5.32 Å². The maximum Gasteiger partial charge on any atom is 0.242 e. The fourth-order valence-electron chi connectivity index (χ4n) is 2.75. The minimum atomic E-state index is -3.57. The lowest BCUT2D eigenvalue weighted by atomic mass is 10.1. The Balaban J connectivity index is 2.08. The summed E-state index contributed by atoms with van der Waals surface area (Å²) >= 11 is 0. The van der Waals surface area contributed by atoms with Gasteiger partial charge in [0, 0.05) is 39.3 Å². The van der Waals surface area contributed by atoms with Gasteiger partial charge in [0.15, 0.2) is 0 Å². The molecular formula is C17H25N3O4S. The molecule has 7 nitrogen and oxygen atoms in total. The Labute approximate surface area is 149 Å². The summed E-state index contributed by atoms with van der Waals surface area (Å²) in [7, 11) is -0.661. The predicted octanol–water partition coefficient (Wildman–Crippen LogP) is 1.38. The molecule has 1 aliphatic heterocycles. The molecule has 0 aliphatic carbocycles. The van der Waals surface area contributed by atoms with E-state index >= 15 is 0 Å². The Bertz CT molecular complexity index is 759. The van der Waals surface area contributed by atoms with Gasteiger partial charge in [-0.1, -0.05) is 19.9 Å². The van der Waals surface area contributed by atoms with Gasteiger partial charge < -0.3 is 10.2 Å². The van der Waals surface area contributed by atoms with E-state index in [1.54, 1.807) is 17.0 Å². The molecule has 1 aromatic rings. The lowest BCUT2D eigenvalue weighted by Crippen LogP contribution is -2.31. The number of nitrogens with zero attached hydrogens (tertiary/aromatic N) is 2. The molecular weight excluding hydrogens is 342 g/mol. The smallest absolute Gasteiger partial charge is 0.242 e. The van der Waals surface area contributed by atoms with Crippen LogP contribution in [0.15, 0.2) is 29.2 Å². The normalized spacial score (nSPS) is 18.2. The van der Waals surface area contributed by atoms with Crippen LogP contribution in [-0.2, 0) is 19.6 Å². The summed E-state index contributed by atoms with van der Waals surface area (Å²) in [6.07, 6.45) is 0.189. The van der Waals surface area contributed by atoms with Gasteiger partial charge in [0.25, 0.3) is 0 Å². The van der Waals surface area contributed by atoms with Gasteiger partial charge in [-0.05, 0) is 24.1 Å². The first kappa shape index (κ1) is 19.4. The molecule has 8 heteroatoms. The fourth-order valence-corrected chi connectivity index (χ4v) is 3.70. The number of hydrogen-bond acceptors (Lipinski definition) is 4. The highest BCUT2D eigenvalue weighted by molar-refractivity contribution is 7.89. The minimum absolute atomic E-state index is 0.0159. The number of carbonyl (C=O) groups excluding carboxylic acids is 2. The van der Waals surface area contributed by atoms with E-state index in [1.165, 1.54) is 26.2 Å². The third-order valence-corrected chi connectivity index (χ3v) is 5.86. The monoisotopic (exact) mass is 367 g/mol. The average molecular weight is 367 g/mol. The Kier molecular flexibility index (Phi) is 5.84. The van der Waals surface area contributed by atoms with Crippen molar-refractivity contribution in [1.29, 1.82) is 0 Å². The van der Waals surface area contributed by atoms with Crippen LogP contribution in [0.3, 0.4) is 0 Å². The van der Waals surface area contributed by atoms with Crippen molar-refractivity contribution in [3.05, 3.63) is 24.3 Å². The lowest BCUT2D eigenvalue weighted by molar-refractivity contribution is -0.128. The molecule has 1 atom stereocenters. The van der Waals surface area contributed by atoms with Crippen LogP contribution in [0.2, 0.25) is 0 Å². The average Bonchev–Trinajstić information content (AvgIpc) is 2.88. The van der Waals surface area contributed by atoms with Crippen LogP contribution in [0.4, 0.5) is 5.69 Å². The number of hydrogen-bond donors (Lipinski definition) is 1. The van der Waals surface area contributed by atoms with Crippen LogP contribution in [0.1, 0.15) is 20.3 Å². The second kappa shape index (κ2) is 7.53. The van der Waals surface area contributed by atoms with Crippen LogP contribution in [0, 0.1) is 11.8 Å². The minimum Gasteiger partial charge on any atom is -0.342 e. The number of rotatable bonds is 6. The van der Waals surface area contributed by atoms with Crippen molar-refractivity contribution in [3.8, 4) is 0 Å². The van der Waals surface area contributed by atoms with Crippen LogP contribution >= 0.6 is 0 Å². The van der Waals surface area contributed by atoms with Gasteiger partial charge >= 0.3 is 0 Å². The van der Waals surface area contributed by atoms with Crippen molar-refractivity contribution in [2.24, 2.45) is 11.8 Å². The third-order valence-electron chi connectivity index (χ3n) is 4.05. The second-order valence-electron chi connectivity index (χ2n) is 6.90. The number of amides is 2. The van der Waals surface area contributed by atoms with E-state index in [-0.39, 0.29) is 23.1 Å². The SMILES string of the molecule is CC(C)CN1CC(C(=O)Nc2cccc(S(=O)(=O)N(C)C)c2)CC1=O. The first-order valence-electron chi connectivity index (χ1n) is 8.22. The van der Waals surface area contributed by atoms with Crippen molar-refractivity contribution in [2.75, 3.05) is 32.5 Å². The summed E-state index contributed by atoms with van der Waals surface area (Å²) in [4.78, 5) is 26.3. The van der Waals surface area contributed by atoms with Crippen LogP contribution in [0.25, 0.3) is 0 Å². The highest BCUT2D eigenvalue weighted by Gasteiger charge is 2.34. The first-order chi connectivity index (χ1) is 11.6. The van der Waals surface area contributed by atoms with Crippen molar-refractivity contribution in [3.63, 3.8) is 0 Å². The van der Waals surface area contributed by atoms with E-state index in [0.29, 0.717) is 24.7 Å². The third kappa shape index (κ3) is 4.58. The van der Waals surface area contributed by atoms with Gasteiger partial charge in [-0.15, -0.1) is 0 Å². The molecule has 0 saturated carbocycles. The number of sulfonamides is 1. The van der Waals surface area contributed by atoms with E-state index in [2.05, 4.69) is 5.32 Å². The topological polar surface area (TPSA) is 86.8 Å². The largest absolute Gasteiger partial charge is 0.342 e. The molecule has 0 spiro atoms. The summed E-state index contributed by atoms with van der Waals surface area (Å²) in [6.45, 7) is 5.09. The highest BCUT2D eigenvalue weighted by Crippen LogP contribution is 2.22. The molecule has 0 radical (unpaired) electrons. The van der Waals surface area contributed by atoms with Gasteiger partial charge in [0.2, 0.25) is 21.8 Å². The molecule has 1 fully saturated rings. The standard InChI is InChI=1S/C17H25N3O4S/c1-12(2)10-20-11-13(8-16(20)21)17(22)18-14-6-5-7-15(9-14)25(23,24)19(3)4/h5-7,9,12-13H,8,10-11H2,1-4H3,(H,18,22). The van der Waals surface area contributed by atoms with Crippen LogP contribution in [-0.4, -0.2) is 56.6 Å². The van der Waals surface area contributed by atoms with Gasteiger partial charge in [0.1, 0.15) is 0 Å². The van der Waals surface area contributed by atoms with E-state index in [1.807, 2.05) is 13.8 Å². The van der Waals surface area contributed by atoms with Crippen LogP contribution in [0.5, 0.6) is 0 Å². The van der Waals surface area contributed by atoms with Crippen molar-refractivity contribution in [2.45, 2.75) is 25.2 Å². The molecule has 2 rings (SSSR count). The molecule has 1 unspecified atom stereocenters. The van der Waals surface area contributed by atoms with Gasteiger partial charge in [-0.25, -0.2) is 12.7 Å². The molecule has 1 aromatic carbocycles. The van der Waals surface area contributed by atoms with Gasteiger partial charge in [-0.2, -0.15) is 0 Å². The van der Waals surface area contributed by atoms with Crippen molar-refractivity contribution in [1.82, 2.24) is 9.21 Å². The molecule has 0 aromatic heterocycles. The molecule has 138 valence electrons.